The number of hydrogen-bond acceptors (Lipinski definition) is 6. The fraction of sp³-hybridized carbons (Fsp3) is 0.368. The minimum absolute atomic E-state index is 0.248. The normalized spacial score (nSPS) is 14.0. The van der Waals surface area contributed by atoms with Gasteiger partial charge in [0, 0.05) is 6.54 Å². The van der Waals surface area contributed by atoms with Crippen LogP contribution < -0.4 is 10.5 Å². The van der Waals surface area contributed by atoms with Crippen molar-refractivity contribution in [2.45, 2.75) is 30.8 Å². The van der Waals surface area contributed by atoms with Crippen LogP contribution in [0.25, 0.3) is 0 Å². The van der Waals surface area contributed by atoms with Gasteiger partial charge in [-0.2, -0.15) is 0 Å². The van der Waals surface area contributed by atoms with Gasteiger partial charge in [0.2, 0.25) is 10.0 Å². The zero-order valence-corrected chi connectivity index (χ0v) is 16.0. The Morgan fingerprint density at radius 3 is 2.37 bits per heavy atom. The Morgan fingerprint density at radius 1 is 1.07 bits per heavy atom. The summed E-state index contributed by atoms with van der Waals surface area (Å²) in [5, 5.41) is 37.4. The third-order valence-corrected chi connectivity index (χ3v) is 5.31. The topological polar surface area (TPSA) is 133 Å². The van der Waals surface area contributed by atoms with Crippen LogP contribution in [-0.2, 0) is 16.4 Å². The monoisotopic (exact) mass is 394 g/mol. The van der Waals surface area contributed by atoms with Gasteiger partial charge in [-0.15, -0.1) is 0 Å². The molecule has 6 N–H and O–H groups in total. The quantitative estimate of drug-likeness (QED) is 0.439. The third kappa shape index (κ3) is 6.51. The Kier molecular flexibility index (Phi) is 7.20. The van der Waals surface area contributed by atoms with E-state index >= 15 is 0 Å². The summed E-state index contributed by atoms with van der Waals surface area (Å²) in [4.78, 5) is -0.402. The number of benzene rings is 2. The second-order valence-electron chi connectivity index (χ2n) is 6.76. The number of nitrogens with two attached hydrogens (primary N) is 1. The second kappa shape index (κ2) is 9.18. The number of hydrogen-bond donors (Lipinski definition) is 5. The van der Waals surface area contributed by atoms with Crippen LogP contribution in [0.15, 0.2) is 47.4 Å². The molecule has 0 bridgehead atoms. The van der Waals surface area contributed by atoms with E-state index in [1.807, 2.05) is 12.1 Å². The molecule has 0 saturated carbocycles. The Hall–Kier alpha value is -2.13. The first-order valence-corrected chi connectivity index (χ1v) is 10.2. The van der Waals surface area contributed by atoms with Crippen LogP contribution in [0, 0.1) is 5.92 Å². The lowest BCUT2D eigenvalue weighted by molar-refractivity contribution is 0.172. The fourth-order valence-corrected chi connectivity index (χ4v) is 3.39. The van der Waals surface area contributed by atoms with Gasteiger partial charge in [0.25, 0.3) is 0 Å². The summed E-state index contributed by atoms with van der Waals surface area (Å²) >= 11 is 0. The predicted octanol–water partition coefficient (Wildman–Crippen LogP) is 1.64. The van der Waals surface area contributed by atoms with Crippen molar-refractivity contribution in [1.82, 2.24) is 5.32 Å². The van der Waals surface area contributed by atoms with Crippen molar-refractivity contribution in [3.05, 3.63) is 53.6 Å². The van der Waals surface area contributed by atoms with Crippen molar-refractivity contribution in [3.63, 3.8) is 0 Å². The molecule has 7 nitrogen and oxygen atoms in total. The molecule has 0 aliphatic rings. The number of phenols is 2. The first-order chi connectivity index (χ1) is 12.7. The van der Waals surface area contributed by atoms with Crippen molar-refractivity contribution in [3.8, 4) is 11.5 Å². The summed E-state index contributed by atoms with van der Waals surface area (Å²) in [6, 6.07) is 11.0. The Bertz CT molecular complexity index is 853. The second-order valence-corrected chi connectivity index (χ2v) is 8.29. The lowest BCUT2D eigenvalue weighted by atomic mass is 10.0. The van der Waals surface area contributed by atoms with E-state index in [1.54, 1.807) is 12.1 Å². The highest BCUT2D eigenvalue weighted by molar-refractivity contribution is 7.89. The van der Waals surface area contributed by atoms with Gasteiger partial charge in [0.05, 0.1) is 6.10 Å². The fourth-order valence-electron chi connectivity index (χ4n) is 2.73. The summed E-state index contributed by atoms with van der Waals surface area (Å²) < 4.78 is 22.9. The molecule has 0 saturated heterocycles. The molecule has 2 atom stereocenters. The third-order valence-electron chi connectivity index (χ3n) is 4.37. The van der Waals surface area contributed by atoms with Gasteiger partial charge in [0.1, 0.15) is 16.4 Å². The lowest BCUT2D eigenvalue weighted by Crippen LogP contribution is -2.26. The Labute approximate surface area is 159 Å². The minimum atomic E-state index is -4.06. The van der Waals surface area contributed by atoms with Crippen LogP contribution in [0.3, 0.4) is 0 Å². The van der Waals surface area contributed by atoms with Gasteiger partial charge in [-0.3, -0.25) is 0 Å². The van der Waals surface area contributed by atoms with Gasteiger partial charge in [-0.1, -0.05) is 25.1 Å². The molecule has 0 heterocycles. The standard InChI is InChI=1S/C19H26N2O5S/c1-13(2-3-14-4-7-16(22)8-5-14)11-21-12-18(24)15-6-9-17(23)19(10-15)27(20,25)26/h4-10,13,18,21-24H,2-3,11-12H2,1H3,(H2,20,25,26). The minimum Gasteiger partial charge on any atom is -0.508 e. The molecule has 0 aliphatic carbocycles. The number of aryl methyl sites for hydroxylation is 1. The number of rotatable bonds is 9. The van der Waals surface area contributed by atoms with Crippen molar-refractivity contribution < 1.29 is 23.7 Å². The molecule has 0 fully saturated rings. The number of phenolic OH excluding ortho intramolecular Hbond substituents is 2. The van der Waals surface area contributed by atoms with Crippen molar-refractivity contribution in [2.24, 2.45) is 11.1 Å². The van der Waals surface area contributed by atoms with Crippen molar-refractivity contribution >= 4 is 10.0 Å². The van der Waals surface area contributed by atoms with Crippen LogP contribution in [0.2, 0.25) is 0 Å². The largest absolute Gasteiger partial charge is 0.508 e. The van der Waals surface area contributed by atoms with Gasteiger partial charge >= 0.3 is 0 Å². The molecule has 2 aromatic rings. The van der Waals surface area contributed by atoms with Crippen LogP contribution >= 0.6 is 0 Å². The predicted molar refractivity (Wildman–Crippen MR) is 103 cm³/mol. The number of aliphatic hydroxyl groups is 1. The van der Waals surface area contributed by atoms with Crippen LogP contribution in [0.4, 0.5) is 0 Å². The van der Waals surface area contributed by atoms with E-state index in [-0.39, 0.29) is 12.3 Å². The average Bonchev–Trinajstić information content (AvgIpc) is 2.60. The maximum atomic E-state index is 11.4. The average molecular weight is 394 g/mol. The smallest absolute Gasteiger partial charge is 0.241 e. The summed E-state index contributed by atoms with van der Waals surface area (Å²) in [5.41, 5.74) is 1.51. The van der Waals surface area contributed by atoms with Gasteiger partial charge in [-0.25, -0.2) is 13.6 Å². The molecule has 0 amide bonds. The summed E-state index contributed by atoms with van der Waals surface area (Å²) in [7, 11) is -4.06. The molecule has 0 aliphatic heterocycles. The van der Waals surface area contributed by atoms with E-state index in [2.05, 4.69) is 12.2 Å². The van der Waals surface area contributed by atoms with Gasteiger partial charge in [0.15, 0.2) is 0 Å². The molecular weight excluding hydrogens is 368 g/mol. The van der Waals surface area contributed by atoms with Crippen molar-refractivity contribution in [1.29, 1.82) is 0 Å². The maximum absolute atomic E-state index is 11.4. The summed E-state index contributed by atoms with van der Waals surface area (Å²) in [5.74, 6) is 0.178. The van der Waals surface area contributed by atoms with Gasteiger partial charge < -0.3 is 20.6 Å². The van der Waals surface area contributed by atoms with E-state index in [9.17, 15) is 23.7 Å². The molecule has 2 aromatic carbocycles. The number of aliphatic hydroxyl groups excluding tert-OH is 1. The summed E-state index contributed by atoms with van der Waals surface area (Å²) in [6.45, 7) is 3.03. The number of primary sulfonamides is 1. The Balaban J connectivity index is 1.81. The molecule has 8 heteroatoms. The highest BCUT2D eigenvalue weighted by Gasteiger charge is 2.17. The van der Waals surface area contributed by atoms with E-state index in [0.717, 1.165) is 18.4 Å². The Morgan fingerprint density at radius 2 is 1.74 bits per heavy atom. The molecule has 0 aromatic heterocycles. The van der Waals surface area contributed by atoms with Crippen LogP contribution in [0.5, 0.6) is 11.5 Å². The molecule has 148 valence electrons. The zero-order valence-electron chi connectivity index (χ0n) is 15.2. The molecule has 0 spiro atoms. The SMILES string of the molecule is CC(CCc1ccc(O)cc1)CNCC(O)c1ccc(O)c(S(N)(=O)=O)c1. The lowest BCUT2D eigenvalue weighted by Gasteiger charge is -2.16. The molecule has 2 rings (SSSR count). The van der Waals surface area contributed by atoms with Crippen LogP contribution in [-0.4, -0.2) is 36.8 Å². The van der Waals surface area contributed by atoms with E-state index < -0.39 is 26.8 Å². The molecule has 2 unspecified atom stereocenters. The van der Waals surface area contributed by atoms with E-state index in [1.165, 1.54) is 18.2 Å². The van der Waals surface area contributed by atoms with Crippen molar-refractivity contribution in [2.75, 3.05) is 13.1 Å². The zero-order chi connectivity index (χ0) is 20.0. The molecular formula is C19H26N2O5S. The highest BCUT2D eigenvalue weighted by atomic mass is 32.2. The maximum Gasteiger partial charge on any atom is 0.241 e. The number of aromatic hydroxyl groups is 2. The molecule has 27 heavy (non-hydrogen) atoms. The highest BCUT2D eigenvalue weighted by Crippen LogP contribution is 2.25. The van der Waals surface area contributed by atoms with E-state index in [4.69, 9.17) is 5.14 Å². The molecule has 0 radical (unpaired) electrons. The van der Waals surface area contributed by atoms with Crippen LogP contribution in [0.1, 0.15) is 30.6 Å². The van der Waals surface area contributed by atoms with E-state index in [0.29, 0.717) is 18.0 Å². The first-order valence-electron chi connectivity index (χ1n) is 8.69. The first kappa shape index (κ1) is 21.2. The van der Waals surface area contributed by atoms with Gasteiger partial charge in [-0.05, 0) is 60.7 Å². The summed E-state index contributed by atoms with van der Waals surface area (Å²) in [6.07, 6.45) is 0.916. The number of sulfonamides is 1. The number of nitrogens with one attached hydrogen (secondary N) is 1.